The van der Waals surface area contributed by atoms with Crippen molar-refractivity contribution in [3.63, 3.8) is 0 Å². The van der Waals surface area contributed by atoms with Crippen molar-refractivity contribution in [3.8, 4) is 0 Å². The number of H-pyrrole nitrogens is 1. The van der Waals surface area contributed by atoms with Crippen LogP contribution in [0, 0.1) is 0 Å². The largest absolute Gasteiger partial charge is 0.256 e. The molecule has 1 aromatic carbocycles. The van der Waals surface area contributed by atoms with Crippen LogP contribution in [0.1, 0.15) is 0 Å². The highest BCUT2D eigenvalue weighted by Crippen LogP contribution is 2.20. The van der Waals surface area contributed by atoms with Gasteiger partial charge < -0.3 is 0 Å². The Balaban J connectivity index is 0.000000187. The molecule has 3 aromatic heterocycles. The fraction of sp³-hybridized carbons (Fsp3) is 0. The molecule has 92 valence electrons. The number of aromatic nitrogens is 6. The van der Waals surface area contributed by atoms with Crippen LogP contribution >= 0.6 is 0 Å². The monoisotopic (exact) mass is 250 g/mol. The molecule has 0 amide bonds. The predicted octanol–water partition coefficient (Wildman–Crippen LogP) is 1.98. The molecule has 0 aliphatic rings. The number of fused-ring (bicyclic) bond motifs is 3. The summed E-state index contributed by atoms with van der Waals surface area (Å²) in [7, 11) is 0. The van der Waals surface area contributed by atoms with Gasteiger partial charge in [-0.2, -0.15) is 0 Å². The number of aromatic amines is 1. The zero-order valence-electron chi connectivity index (χ0n) is 9.93. The van der Waals surface area contributed by atoms with Gasteiger partial charge in [-0.15, -0.1) is 5.10 Å². The first-order valence-corrected chi connectivity index (χ1v) is 5.71. The summed E-state index contributed by atoms with van der Waals surface area (Å²) in [4.78, 5) is 8.66. The Labute approximate surface area is 108 Å². The molecule has 0 aliphatic carbocycles. The number of rotatable bonds is 0. The van der Waals surface area contributed by atoms with Gasteiger partial charge in [-0.1, -0.05) is 12.1 Å². The highest BCUT2D eigenvalue weighted by Gasteiger charge is 1.99. The van der Waals surface area contributed by atoms with Crippen LogP contribution in [-0.2, 0) is 0 Å². The summed E-state index contributed by atoms with van der Waals surface area (Å²) in [6, 6.07) is 12.1. The highest BCUT2D eigenvalue weighted by atomic mass is 15.5. The van der Waals surface area contributed by atoms with Crippen molar-refractivity contribution in [1.82, 2.24) is 30.6 Å². The van der Waals surface area contributed by atoms with E-state index in [1.165, 1.54) is 6.33 Å². The lowest BCUT2D eigenvalue weighted by molar-refractivity contribution is 0.881. The summed E-state index contributed by atoms with van der Waals surface area (Å²) in [6.45, 7) is 0. The maximum atomic E-state index is 4.37. The molecule has 4 aromatic rings. The molecule has 3 heterocycles. The van der Waals surface area contributed by atoms with Crippen LogP contribution in [0.3, 0.4) is 0 Å². The zero-order chi connectivity index (χ0) is 12.9. The number of nitrogens with zero attached hydrogens (tertiary/aromatic N) is 5. The summed E-state index contributed by atoms with van der Waals surface area (Å²) >= 11 is 0. The van der Waals surface area contributed by atoms with Crippen LogP contribution in [0.2, 0.25) is 0 Å². The van der Waals surface area contributed by atoms with E-state index in [4.69, 9.17) is 0 Å². The zero-order valence-corrected chi connectivity index (χ0v) is 9.93. The van der Waals surface area contributed by atoms with E-state index in [0.717, 1.165) is 21.8 Å². The van der Waals surface area contributed by atoms with Crippen molar-refractivity contribution in [3.05, 3.63) is 55.1 Å². The third kappa shape index (κ3) is 2.37. The molecule has 0 atom stereocenters. The van der Waals surface area contributed by atoms with Crippen LogP contribution in [0.25, 0.3) is 21.8 Å². The lowest BCUT2D eigenvalue weighted by Crippen LogP contribution is -1.82. The van der Waals surface area contributed by atoms with Gasteiger partial charge in [0.15, 0.2) is 0 Å². The smallest absolute Gasteiger partial charge is 0.135 e. The first-order chi connectivity index (χ1) is 9.45. The van der Waals surface area contributed by atoms with Gasteiger partial charge in [-0.3, -0.25) is 9.97 Å². The third-order valence-electron chi connectivity index (χ3n) is 2.62. The number of tetrazole rings is 1. The van der Waals surface area contributed by atoms with Crippen LogP contribution in [0.4, 0.5) is 0 Å². The number of pyridine rings is 2. The maximum absolute atomic E-state index is 4.37. The molecule has 19 heavy (non-hydrogen) atoms. The van der Waals surface area contributed by atoms with Gasteiger partial charge in [0.1, 0.15) is 6.33 Å². The first-order valence-electron chi connectivity index (χ1n) is 5.71. The Bertz CT molecular complexity index is 709. The quantitative estimate of drug-likeness (QED) is 0.483. The predicted molar refractivity (Wildman–Crippen MR) is 71.2 cm³/mol. The Kier molecular flexibility index (Phi) is 3.05. The van der Waals surface area contributed by atoms with Crippen molar-refractivity contribution < 1.29 is 0 Å². The van der Waals surface area contributed by atoms with Crippen LogP contribution < -0.4 is 0 Å². The number of hydrogen-bond donors (Lipinski definition) is 1. The lowest BCUT2D eigenvalue weighted by Gasteiger charge is -2.00. The molecule has 0 aliphatic heterocycles. The van der Waals surface area contributed by atoms with Gasteiger partial charge in [0.05, 0.1) is 11.0 Å². The Morgan fingerprint density at radius 1 is 0.895 bits per heavy atom. The summed E-state index contributed by atoms with van der Waals surface area (Å²) in [6.07, 6.45) is 5.02. The summed E-state index contributed by atoms with van der Waals surface area (Å²) in [5.74, 6) is 0. The molecule has 0 saturated heterocycles. The molecule has 4 rings (SSSR count). The second-order valence-corrected chi connectivity index (χ2v) is 3.77. The standard InChI is InChI=1S/C12H8N2.CH2N4/c1-3-9-5-6-11-10(4-2-7-13-11)12(9)14-8-1;1-2-4-5-3-1/h1-8H;1H,(H,2,3,4,5). The van der Waals surface area contributed by atoms with E-state index in [2.05, 4.69) is 48.8 Å². The molecule has 6 heteroatoms. The number of nitrogens with one attached hydrogen (secondary N) is 1. The van der Waals surface area contributed by atoms with Gasteiger partial charge >= 0.3 is 0 Å². The van der Waals surface area contributed by atoms with E-state index in [0.29, 0.717) is 0 Å². The van der Waals surface area contributed by atoms with E-state index >= 15 is 0 Å². The van der Waals surface area contributed by atoms with E-state index in [1.54, 1.807) is 6.20 Å². The summed E-state index contributed by atoms with van der Waals surface area (Å²) < 4.78 is 0. The third-order valence-corrected chi connectivity index (χ3v) is 2.62. The minimum absolute atomic E-state index is 0.999. The van der Waals surface area contributed by atoms with Gasteiger partial charge in [-0.05, 0) is 34.7 Å². The Hall–Kier alpha value is -2.89. The van der Waals surface area contributed by atoms with E-state index in [1.807, 2.05) is 24.4 Å². The number of benzene rings is 1. The molecule has 1 N–H and O–H groups in total. The van der Waals surface area contributed by atoms with Crippen molar-refractivity contribution >= 4 is 21.8 Å². The molecule has 0 unspecified atom stereocenters. The molecule has 6 nitrogen and oxygen atoms in total. The Morgan fingerprint density at radius 2 is 1.79 bits per heavy atom. The van der Waals surface area contributed by atoms with Crippen LogP contribution in [0.15, 0.2) is 55.1 Å². The summed E-state index contributed by atoms with van der Waals surface area (Å²) in [5.41, 5.74) is 2.02. The van der Waals surface area contributed by atoms with E-state index < -0.39 is 0 Å². The van der Waals surface area contributed by atoms with E-state index in [-0.39, 0.29) is 0 Å². The second-order valence-electron chi connectivity index (χ2n) is 3.77. The minimum atomic E-state index is 0.999. The molecule has 0 bridgehead atoms. The highest BCUT2D eigenvalue weighted by molar-refractivity contribution is 6.03. The van der Waals surface area contributed by atoms with Crippen molar-refractivity contribution in [2.75, 3.05) is 0 Å². The van der Waals surface area contributed by atoms with Crippen molar-refractivity contribution in [2.24, 2.45) is 0 Å². The van der Waals surface area contributed by atoms with Gasteiger partial charge in [0.25, 0.3) is 0 Å². The van der Waals surface area contributed by atoms with Crippen molar-refractivity contribution in [1.29, 1.82) is 0 Å². The fourth-order valence-electron chi connectivity index (χ4n) is 1.83. The fourth-order valence-corrected chi connectivity index (χ4v) is 1.83. The maximum Gasteiger partial charge on any atom is 0.135 e. The first kappa shape index (κ1) is 11.2. The topological polar surface area (TPSA) is 80.2 Å². The SMILES string of the molecule is c1cnc2c(c1)ccc1ncccc12.c1nnn[nH]1. The van der Waals surface area contributed by atoms with Crippen LogP contribution in [0.5, 0.6) is 0 Å². The van der Waals surface area contributed by atoms with E-state index in [9.17, 15) is 0 Å². The molecular weight excluding hydrogens is 240 g/mol. The van der Waals surface area contributed by atoms with Gasteiger partial charge in [0, 0.05) is 23.2 Å². The lowest BCUT2D eigenvalue weighted by atomic mass is 10.1. The average molecular weight is 250 g/mol. The van der Waals surface area contributed by atoms with Crippen molar-refractivity contribution in [2.45, 2.75) is 0 Å². The van der Waals surface area contributed by atoms with Gasteiger partial charge in [-0.25, -0.2) is 5.10 Å². The molecule has 0 fully saturated rings. The normalized spacial score (nSPS) is 10.1. The molecule has 0 radical (unpaired) electrons. The molecule has 0 spiro atoms. The molecular formula is C13H10N6. The average Bonchev–Trinajstić information content (AvgIpc) is 3.07. The van der Waals surface area contributed by atoms with Gasteiger partial charge in [0.2, 0.25) is 0 Å². The molecule has 0 saturated carbocycles. The minimum Gasteiger partial charge on any atom is -0.256 e. The summed E-state index contributed by atoms with van der Waals surface area (Å²) in [5, 5.41) is 14.4. The number of hydrogen-bond acceptors (Lipinski definition) is 5. The second kappa shape index (κ2) is 5.18. The van der Waals surface area contributed by atoms with Crippen LogP contribution in [-0.4, -0.2) is 30.6 Å². The Morgan fingerprint density at radius 3 is 2.58 bits per heavy atom.